The molecule has 0 aliphatic rings. The maximum atomic E-state index is 10.8. The molecule has 0 aromatic heterocycles. The summed E-state index contributed by atoms with van der Waals surface area (Å²) in [7, 11) is 0. The second-order valence-electron chi connectivity index (χ2n) is 4.67. The quantitative estimate of drug-likeness (QED) is 0.538. The third kappa shape index (κ3) is 9.70. The van der Waals surface area contributed by atoms with Gasteiger partial charge in [0.05, 0.1) is 0 Å². The summed E-state index contributed by atoms with van der Waals surface area (Å²) in [5, 5.41) is 0. The molecule has 0 aliphatic heterocycles. The molecule has 0 aromatic carbocycles. The predicted molar refractivity (Wildman–Crippen MR) is 71.6 cm³/mol. The van der Waals surface area contributed by atoms with E-state index in [4.69, 9.17) is 0 Å². The van der Waals surface area contributed by atoms with Gasteiger partial charge in [-0.25, -0.2) is 0 Å². The smallest absolute Gasteiger partial charge is 0.130 e. The van der Waals surface area contributed by atoms with Crippen molar-refractivity contribution in [3.8, 4) is 0 Å². The highest BCUT2D eigenvalue weighted by molar-refractivity contribution is 5.75. The van der Waals surface area contributed by atoms with E-state index in [2.05, 4.69) is 32.9 Å². The summed E-state index contributed by atoms with van der Waals surface area (Å²) in [4.78, 5) is 10.8. The van der Waals surface area contributed by atoms with Crippen molar-refractivity contribution in [2.24, 2.45) is 0 Å². The Morgan fingerprint density at radius 3 is 2.06 bits per heavy atom. The van der Waals surface area contributed by atoms with E-state index in [0.29, 0.717) is 6.42 Å². The van der Waals surface area contributed by atoms with Gasteiger partial charge in [0.15, 0.2) is 0 Å². The van der Waals surface area contributed by atoms with Crippen LogP contribution in [0.2, 0.25) is 0 Å². The maximum Gasteiger partial charge on any atom is 0.130 e. The minimum absolute atomic E-state index is 0.288. The Hall–Kier alpha value is -0.850. The molecule has 0 saturated heterocycles. The molecule has 0 atom stereocenters. The highest BCUT2D eigenvalue weighted by atomic mass is 16.1. The minimum Gasteiger partial charge on any atom is -0.300 e. The monoisotopic (exact) mass is 222 g/mol. The standard InChI is InChI=1S/C15H26O/c1-5-8-15(11-6-9-13(2)3)12-7-10-14(4)16/h9,12H,5-8,10-11H2,1-4H3. The lowest BCUT2D eigenvalue weighted by Crippen LogP contribution is -1.89. The fraction of sp³-hybridized carbons (Fsp3) is 0.667. The molecule has 0 fully saturated rings. The van der Waals surface area contributed by atoms with Gasteiger partial charge in [-0.05, 0) is 46.5 Å². The van der Waals surface area contributed by atoms with Gasteiger partial charge >= 0.3 is 0 Å². The lowest BCUT2D eigenvalue weighted by atomic mass is 10.0. The van der Waals surface area contributed by atoms with Gasteiger partial charge in [0.2, 0.25) is 0 Å². The average molecular weight is 222 g/mol. The normalized spacial score (nSPS) is 11.4. The molecule has 0 amide bonds. The predicted octanol–water partition coefficient (Wildman–Crippen LogP) is 4.83. The Bertz CT molecular complexity index is 255. The third-order valence-corrected chi connectivity index (χ3v) is 2.52. The van der Waals surface area contributed by atoms with Gasteiger partial charge < -0.3 is 4.79 Å². The van der Waals surface area contributed by atoms with Crippen LogP contribution in [0.25, 0.3) is 0 Å². The van der Waals surface area contributed by atoms with Crippen molar-refractivity contribution in [1.82, 2.24) is 0 Å². The Morgan fingerprint density at radius 2 is 1.56 bits per heavy atom. The average Bonchev–Trinajstić information content (AvgIpc) is 2.16. The maximum absolute atomic E-state index is 10.8. The largest absolute Gasteiger partial charge is 0.300 e. The van der Waals surface area contributed by atoms with E-state index in [1.54, 1.807) is 6.92 Å². The molecular weight excluding hydrogens is 196 g/mol. The molecule has 0 saturated carbocycles. The number of rotatable bonds is 8. The highest BCUT2D eigenvalue weighted by Crippen LogP contribution is 2.15. The van der Waals surface area contributed by atoms with Crippen molar-refractivity contribution in [3.05, 3.63) is 23.3 Å². The first-order valence-corrected chi connectivity index (χ1v) is 6.37. The minimum atomic E-state index is 0.288. The fourth-order valence-corrected chi connectivity index (χ4v) is 1.68. The lowest BCUT2D eigenvalue weighted by molar-refractivity contribution is -0.116. The first-order chi connectivity index (χ1) is 7.56. The number of carbonyl (C=O) groups is 1. The van der Waals surface area contributed by atoms with Crippen LogP contribution in [0.3, 0.4) is 0 Å². The number of allylic oxidation sites excluding steroid dienone is 4. The van der Waals surface area contributed by atoms with Crippen LogP contribution in [-0.4, -0.2) is 5.78 Å². The SMILES string of the molecule is CCCC(=CCCC(C)=O)CCC=C(C)C. The summed E-state index contributed by atoms with van der Waals surface area (Å²) in [6.45, 7) is 8.15. The molecule has 1 nitrogen and oxygen atoms in total. The van der Waals surface area contributed by atoms with Crippen molar-refractivity contribution in [3.63, 3.8) is 0 Å². The van der Waals surface area contributed by atoms with Crippen molar-refractivity contribution < 1.29 is 4.79 Å². The highest BCUT2D eigenvalue weighted by Gasteiger charge is 1.97. The zero-order valence-electron chi connectivity index (χ0n) is 11.3. The first kappa shape index (κ1) is 15.2. The van der Waals surface area contributed by atoms with E-state index in [0.717, 1.165) is 19.3 Å². The molecule has 0 spiro atoms. The van der Waals surface area contributed by atoms with Crippen LogP contribution in [0.15, 0.2) is 23.3 Å². The number of carbonyl (C=O) groups excluding carboxylic acids is 1. The van der Waals surface area contributed by atoms with Gasteiger partial charge in [0.25, 0.3) is 0 Å². The topological polar surface area (TPSA) is 17.1 Å². The summed E-state index contributed by atoms with van der Waals surface area (Å²) in [5.74, 6) is 0.288. The number of hydrogen-bond donors (Lipinski definition) is 0. The molecule has 1 heteroatoms. The van der Waals surface area contributed by atoms with Crippen LogP contribution >= 0.6 is 0 Å². The summed E-state index contributed by atoms with van der Waals surface area (Å²) < 4.78 is 0. The van der Waals surface area contributed by atoms with Crippen LogP contribution in [0.5, 0.6) is 0 Å². The molecule has 92 valence electrons. The van der Waals surface area contributed by atoms with Crippen LogP contribution in [0, 0.1) is 0 Å². The van der Waals surface area contributed by atoms with Crippen LogP contribution in [-0.2, 0) is 4.79 Å². The second-order valence-corrected chi connectivity index (χ2v) is 4.67. The molecule has 0 radical (unpaired) electrons. The summed E-state index contributed by atoms with van der Waals surface area (Å²) in [6.07, 6.45) is 10.8. The molecule has 0 unspecified atom stereocenters. The molecule has 16 heavy (non-hydrogen) atoms. The molecule has 0 rings (SSSR count). The van der Waals surface area contributed by atoms with Gasteiger partial charge in [0.1, 0.15) is 5.78 Å². The first-order valence-electron chi connectivity index (χ1n) is 6.37. The fourth-order valence-electron chi connectivity index (χ4n) is 1.68. The van der Waals surface area contributed by atoms with Crippen LogP contribution < -0.4 is 0 Å². The van der Waals surface area contributed by atoms with Gasteiger partial charge in [-0.3, -0.25) is 0 Å². The Morgan fingerprint density at radius 1 is 0.938 bits per heavy atom. The van der Waals surface area contributed by atoms with E-state index in [1.165, 1.54) is 24.0 Å². The Labute approximate surface area is 101 Å². The van der Waals surface area contributed by atoms with E-state index in [-0.39, 0.29) is 5.78 Å². The second kappa shape index (κ2) is 9.38. The van der Waals surface area contributed by atoms with Gasteiger partial charge in [-0.2, -0.15) is 0 Å². The van der Waals surface area contributed by atoms with Gasteiger partial charge in [0, 0.05) is 6.42 Å². The number of ketones is 1. The lowest BCUT2D eigenvalue weighted by Gasteiger charge is -2.04. The molecule has 0 heterocycles. The van der Waals surface area contributed by atoms with Crippen molar-refractivity contribution in [2.75, 3.05) is 0 Å². The molecule has 0 N–H and O–H groups in total. The van der Waals surface area contributed by atoms with E-state index >= 15 is 0 Å². The number of Topliss-reactive ketones (excluding diaryl/α,β-unsaturated/α-hetero) is 1. The van der Waals surface area contributed by atoms with Crippen molar-refractivity contribution in [1.29, 1.82) is 0 Å². The molecular formula is C15H26O. The summed E-state index contributed by atoms with van der Waals surface area (Å²) >= 11 is 0. The van der Waals surface area contributed by atoms with E-state index < -0.39 is 0 Å². The van der Waals surface area contributed by atoms with E-state index in [9.17, 15) is 4.79 Å². The van der Waals surface area contributed by atoms with Crippen molar-refractivity contribution in [2.45, 2.75) is 66.2 Å². The molecule has 0 aliphatic carbocycles. The summed E-state index contributed by atoms with van der Waals surface area (Å²) in [6, 6.07) is 0. The van der Waals surface area contributed by atoms with Crippen molar-refractivity contribution >= 4 is 5.78 Å². The zero-order chi connectivity index (χ0) is 12.4. The van der Waals surface area contributed by atoms with E-state index in [1.807, 2.05) is 0 Å². The Balaban J connectivity index is 4.04. The summed E-state index contributed by atoms with van der Waals surface area (Å²) in [5.41, 5.74) is 2.90. The number of hydrogen-bond acceptors (Lipinski definition) is 1. The van der Waals surface area contributed by atoms with Gasteiger partial charge in [-0.15, -0.1) is 0 Å². The third-order valence-electron chi connectivity index (χ3n) is 2.52. The zero-order valence-corrected chi connectivity index (χ0v) is 11.3. The van der Waals surface area contributed by atoms with Crippen LogP contribution in [0.1, 0.15) is 66.2 Å². The van der Waals surface area contributed by atoms with Gasteiger partial charge in [-0.1, -0.05) is 36.6 Å². The van der Waals surface area contributed by atoms with Crippen LogP contribution in [0.4, 0.5) is 0 Å². The molecule has 0 aromatic rings. The Kier molecular flexibility index (Phi) is 8.88. The molecule has 0 bridgehead atoms.